The number of aliphatic imine (C=N–C) groups is 1. The van der Waals surface area contributed by atoms with E-state index in [1.165, 1.54) is 24.6 Å². The van der Waals surface area contributed by atoms with Crippen molar-refractivity contribution in [2.75, 3.05) is 7.05 Å². The third kappa shape index (κ3) is 3.47. The zero-order valence-electron chi connectivity index (χ0n) is 17.6. The minimum Gasteiger partial charge on any atom is -0.506 e. The predicted molar refractivity (Wildman–Crippen MR) is 123 cm³/mol. The fourth-order valence-electron chi connectivity index (χ4n) is 4.47. The van der Waals surface area contributed by atoms with Crippen molar-refractivity contribution in [3.05, 3.63) is 70.2 Å². The van der Waals surface area contributed by atoms with Crippen LogP contribution in [0.2, 0.25) is 0 Å². The maximum Gasteiger partial charge on any atom is 0.194 e. The largest absolute Gasteiger partial charge is 0.506 e. The van der Waals surface area contributed by atoms with Gasteiger partial charge in [-0.1, -0.05) is 24.3 Å². The molecule has 3 aromatic rings. The molecule has 1 aliphatic heterocycles. The van der Waals surface area contributed by atoms with E-state index in [9.17, 15) is 10.2 Å². The van der Waals surface area contributed by atoms with Gasteiger partial charge in [-0.05, 0) is 59.9 Å². The van der Waals surface area contributed by atoms with Crippen LogP contribution in [0.4, 0.5) is 0 Å². The first kappa shape index (κ1) is 20.0. The number of aromatic nitrogens is 1. The summed E-state index contributed by atoms with van der Waals surface area (Å²) >= 11 is 1.58. The molecule has 0 spiro atoms. The van der Waals surface area contributed by atoms with E-state index in [1.807, 2.05) is 12.3 Å². The number of aliphatic hydroxyl groups is 1. The molecule has 3 heterocycles. The summed E-state index contributed by atoms with van der Waals surface area (Å²) in [6.07, 6.45) is 4.85. The molecule has 160 valence electrons. The van der Waals surface area contributed by atoms with Gasteiger partial charge in [-0.3, -0.25) is 4.98 Å². The van der Waals surface area contributed by atoms with Crippen molar-refractivity contribution in [2.45, 2.75) is 43.4 Å². The van der Waals surface area contributed by atoms with Gasteiger partial charge in [0, 0.05) is 23.7 Å². The predicted octanol–water partition coefficient (Wildman–Crippen LogP) is 3.97. The first-order valence-corrected chi connectivity index (χ1v) is 11.3. The summed E-state index contributed by atoms with van der Waals surface area (Å²) in [6.45, 7) is 2.03. The lowest BCUT2D eigenvalue weighted by atomic mass is 9.76. The molecular formula is C24H26N4O2S. The monoisotopic (exact) mass is 434 g/mol. The minimum atomic E-state index is -0.803. The zero-order chi connectivity index (χ0) is 21.8. The molecule has 0 radical (unpaired) electrons. The Bertz CT molecular complexity index is 1140. The van der Waals surface area contributed by atoms with Gasteiger partial charge in [0.2, 0.25) is 0 Å². The van der Waals surface area contributed by atoms with E-state index >= 15 is 0 Å². The van der Waals surface area contributed by atoms with Crippen molar-refractivity contribution in [2.24, 2.45) is 10.7 Å². The highest BCUT2D eigenvalue weighted by Gasteiger charge is 2.47. The Morgan fingerprint density at radius 3 is 2.48 bits per heavy atom. The SMILES string of the molecule is CN1C(N)=N[C@](C)(c2cc(-c3cncc(O)c3)cs2)[C@@H](c2ccc(C3CC3)cc2)C1O. The number of aliphatic hydroxyl groups excluding tert-OH is 1. The summed E-state index contributed by atoms with van der Waals surface area (Å²) < 4.78 is 0. The average molecular weight is 435 g/mol. The normalized spacial score (nSPS) is 26.0. The Kier molecular flexibility index (Phi) is 4.75. The molecule has 3 atom stereocenters. The topological polar surface area (TPSA) is 95.0 Å². The molecule has 0 saturated heterocycles. The Hall–Kier alpha value is -2.90. The number of hydrogen-bond donors (Lipinski definition) is 3. The van der Waals surface area contributed by atoms with Gasteiger partial charge < -0.3 is 20.8 Å². The summed E-state index contributed by atoms with van der Waals surface area (Å²) in [4.78, 5) is 11.6. The van der Waals surface area contributed by atoms with Crippen LogP contribution in [-0.4, -0.2) is 39.3 Å². The smallest absolute Gasteiger partial charge is 0.194 e. The van der Waals surface area contributed by atoms with Gasteiger partial charge >= 0.3 is 0 Å². The van der Waals surface area contributed by atoms with Crippen LogP contribution in [0.15, 0.2) is 59.2 Å². The molecule has 5 rings (SSSR count). The molecule has 2 aliphatic rings. The molecule has 4 N–H and O–H groups in total. The molecule has 6 nitrogen and oxygen atoms in total. The van der Waals surface area contributed by atoms with E-state index in [2.05, 4.69) is 35.3 Å². The molecule has 1 aliphatic carbocycles. The summed E-state index contributed by atoms with van der Waals surface area (Å²) in [5, 5.41) is 23.1. The number of hydrogen-bond acceptors (Lipinski definition) is 7. The van der Waals surface area contributed by atoms with Crippen LogP contribution in [0.5, 0.6) is 5.75 Å². The van der Waals surface area contributed by atoms with E-state index in [1.54, 1.807) is 35.5 Å². The molecule has 1 unspecified atom stereocenters. The van der Waals surface area contributed by atoms with E-state index in [-0.39, 0.29) is 11.7 Å². The van der Waals surface area contributed by atoms with Crippen LogP contribution in [0.3, 0.4) is 0 Å². The molecule has 0 bridgehead atoms. The third-order valence-electron chi connectivity index (χ3n) is 6.51. The number of nitrogens with zero attached hydrogens (tertiary/aromatic N) is 3. The van der Waals surface area contributed by atoms with E-state index in [0.29, 0.717) is 11.9 Å². The van der Waals surface area contributed by atoms with E-state index < -0.39 is 11.8 Å². The van der Waals surface area contributed by atoms with Gasteiger partial charge in [0.1, 0.15) is 17.5 Å². The fraction of sp³-hybridized carbons (Fsp3) is 0.333. The van der Waals surface area contributed by atoms with E-state index in [4.69, 9.17) is 10.7 Å². The van der Waals surface area contributed by atoms with Crippen molar-refractivity contribution >= 4 is 17.3 Å². The van der Waals surface area contributed by atoms with E-state index in [0.717, 1.165) is 21.6 Å². The van der Waals surface area contributed by atoms with Crippen LogP contribution in [0, 0.1) is 0 Å². The summed E-state index contributed by atoms with van der Waals surface area (Å²) in [5.41, 5.74) is 9.67. The van der Waals surface area contributed by atoms with Crippen LogP contribution >= 0.6 is 11.3 Å². The third-order valence-corrected chi connectivity index (χ3v) is 7.67. The second-order valence-electron chi connectivity index (χ2n) is 8.69. The first-order valence-electron chi connectivity index (χ1n) is 10.5. The van der Waals surface area contributed by atoms with Gasteiger partial charge in [-0.2, -0.15) is 0 Å². The van der Waals surface area contributed by atoms with Gasteiger partial charge in [-0.15, -0.1) is 11.3 Å². The summed E-state index contributed by atoms with van der Waals surface area (Å²) in [6, 6.07) is 12.4. The van der Waals surface area contributed by atoms with Crippen LogP contribution < -0.4 is 5.73 Å². The quantitative estimate of drug-likeness (QED) is 0.578. The van der Waals surface area contributed by atoms with Crippen molar-refractivity contribution in [1.29, 1.82) is 0 Å². The number of thiophene rings is 1. The summed E-state index contributed by atoms with van der Waals surface area (Å²) in [5.74, 6) is 0.840. The minimum absolute atomic E-state index is 0.127. The highest BCUT2D eigenvalue weighted by atomic mass is 32.1. The maximum absolute atomic E-state index is 11.2. The molecule has 2 aromatic heterocycles. The van der Waals surface area contributed by atoms with Gasteiger partial charge in [0.25, 0.3) is 0 Å². The Morgan fingerprint density at radius 1 is 1.10 bits per heavy atom. The molecule has 7 heteroatoms. The second-order valence-corrected chi connectivity index (χ2v) is 9.60. The van der Waals surface area contributed by atoms with Crippen LogP contribution in [0.1, 0.15) is 47.6 Å². The molecular weight excluding hydrogens is 408 g/mol. The number of pyridine rings is 1. The Balaban J connectivity index is 1.58. The highest BCUT2D eigenvalue weighted by Crippen LogP contribution is 2.49. The highest BCUT2D eigenvalue weighted by molar-refractivity contribution is 7.10. The zero-order valence-corrected chi connectivity index (χ0v) is 18.4. The number of likely N-dealkylation sites (N-methyl/N-ethyl adjacent to an activating group) is 1. The standard InChI is InChI=1S/C24H26N4O2S/c1-24(20-10-18(13-31-20)17-9-19(29)12-26-11-17)21(22(30)28(2)23(25)27-24)16-7-5-15(6-8-16)14-3-4-14/h5-14,21-22,29-30H,3-4H2,1-2H3,(H2,25,27)/t21-,22?,24+/m0/s1. The maximum atomic E-state index is 11.2. The Labute approximate surface area is 185 Å². The lowest BCUT2D eigenvalue weighted by molar-refractivity contribution is 0.00643. The average Bonchev–Trinajstić information content (AvgIpc) is 3.48. The van der Waals surface area contributed by atoms with Crippen molar-refractivity contribution in [3.63, 3.8) is 0 Å². The molecule has 1 fully saturated rings. The lowest BCUT2D eigenvalue weighted by Gasteiger charge is -2.45. The molecule has 0 amide bonds. The number of rotatable bonds is 4. The van der Waals surface area contributed by atoms with Crippen LogP contribution in [-0.2, 0) is 5.54 Å². The molecule has 1 saturated carbocycles. The number of guanidine groups is 1. The second kappa shape index (κ2) is 7.35. The fourth-order valence-corrected chi connectivity index (χ4v) is 5.54. The van der Waals surface area contributed by atoms with Crippen molar-refractivity contribution < 1.29 is 10.2 Å². The van der Waals surface area contributed by atoms with Gasteiger partial charge in [0.15, 0.2) is 5.96 Å². The van der Waals surface area contributed by atoms with Gasteiger partial charge in [-0.25, -0.2) is 4.99 Å². The van der Waals surface area contributed by atoms with Crippen LogP contribution in [0.25, 0.3) is 11.1 Å². The van der Waals surface area contributed by atoms with Crippen molar-refractivity contribution in [1.82, 2.24) is 9.88 Å². The number of benzene rings is 1. The van der Waals surface area contributed by atoms with Gasteiger partial charge in [0.05, 0.1) is 12.1 Å². The lowest BCUT2D eigenvalue weighted by Crippen LogP contribution is -2.54. The number of aromatic hydroxyl groups is 1. The Morgan fingerprint density at radius 2 is 1.81 bits per heavy atom. The number of nitrogens with two attached hydrogens (primary N) is 1. The molecule has 1 aromatic carbocycles. The molecule has 31 heavy (non-hydrogen) atoms. The first-order chi connectivity index (χ1) is 14.9. The van der Waals surface area contributed by atoms with Crippen molar-refractivity contribution in [3.8, 4) is 16.9 Å². The summed E-state index contributed by atoms with van der Waals surface area (Å²) in [7, 11) is 1.77.